The Labute approximate surface area is 129 Å². The van der Waals surface area contributed by atoms with Crippen LogP contribution in [0.25, 0.3) is 0 Å². The van der Waals surface area contributed by atoms with Gasteiger partial charge in [-0.3, -0.25) is 0 Å². The molecule has 2 N–H and O–H groups in total. The molecule has 0 heterocycles. The number of thioether (sulfide) groups is 1. The van der Waals surface area contributed by atoms with E-state index in [1.165, 1.54) is 12.1 Å². The number of rotatable bonds is 8. The van der Waals surface area contributed by atoms with Gasteiger partial charge in [-0.25, -0.2) is 17.5 Å². The van der Waals surface area contributed by atoms with Crippen molar-refractivity contribution in [2.45, 2.75) is 43.3 Å². The Morgan fingerprint density at radius 3 is 2.76 bits per heavy atom. The van der Waals surface area contributed by atoms with E-state index >= 15 is 0 Å². The molecule has 0 aromatic heterocycles. The first-order valence-electron chi connectivity index (χ1n) is 6.95. The van der Waals surface area contributed by atoms with Gasteiger partial charge in [0.15, 0.2) is 0 Å². The predicted octanol–water partition coefficient (Wildman–Crippen LogP) is 2.11. The smallest absolute Gasteiger partial charge is 0.243 e. The largest absolute Gasteiger partial charge is 0.310 e. The highest BCUT2D eigenvalue weighted by Crippen LogP contribution is 2.21. The second-order valence-corrected chi connectivity index (χ2v) is 7.99. The zero-order valence-electron chi connectivity index (χ0n) is 12.2. The molecular weight excluding hydrogens is 311 g/mol. The third kappa shape index (κ3) is 4.95. The van der Waals surface area contributed by atoms with Crippen molar-refractivity contribution < 1.29 is 12.8 Å². The zero-order chi connectivity index (χ0) is 15.5. The van der Waals surface area contributed by atoms with E-state index in [2.05, 4.69) is 10.0 Å². The van der Waals surface area contributed by atoms with E-state index in [-0.39, 0.29) is 10.9 Å². The standard InChI is InChI=1S/C14H21FN2O2S2/c1-10(9-20-2)17-21(18,19)14-7-11(3-6-13(14)15)8-16-12-4-5-12/h3,6-7,10,12,16-17H,4-5,8-9H2,1-2H3. The van der Waals surface area contributed by atoms with Gasteiger partial charge in [0.05, 0.1) is 0 Å². The summed E-state index contributed by atoms with van der Waals surface area (Å²) in [5.74, 6) is -0.0712. The van der Waals surface area contributed by atoms with E-state index in [0.717, 1.165) is 18.4 Å². The summed E-state index contributed by atoms with van der Waals surface area (Å²) in [7, 11) is -3.82. The summed E-state index contributed by atoms with van der Waals surface area (Å²) in [6.07, 6.45) is 4.20. The summed E-state index contributed by atoms with van der Waals surface area (Å²) in [4.78, 5) is -0.273. The van der Waals surface area contributed by atoms with Crippen LogP contribution >= 0.6 is 11.8 Å². The Balaban J connectivity index is 2.13. The third-order valence-electron chi connectivity index (χ3n) is 3.23. The fourth-order valence-corrected chi connectivity index (χ4v) is 4.09. The molecule has 0 saturated heterocycles. The molecule has 1 aliphatic rings. The topological polar surface area (TPSA) is 58.2 Å². The van der Waals surface area contributed by atoms with Gasteiger partial charge in [-0.2, -0.15) is 11.8 Å². The number of halogens is 1. The Kier molecular flexibility index (Phi) is 5.65. The van der Waals surface area contributed by atoms with Crippen molar-refractivity contribution in [1.29, 1.82) is 0 Å². The van der Waals surface area contributed by atoms with Crippen LogP contribution in [0.5, 0.6) is 0 Å². The molecule has 4 nitrogen and oxygen atoms in total. The van der Waals surface area contributed by atoms with Crippen molar-refractivity contribution in [2.24, 2.45) is 0 Å². The average Bonchev–Trinajstić information content (AvgIpc) is 3.21. The summed E-state index contributed by atoms with van der Waals surface area (Å²) < 4.78 is 40.9. The molecule has 0 aliphatic heterocycles. The average molecular weight is 332 g/mol. The molecule has 1 saturated carbocycles. The number of nitrogens with one attached hydrogen (secondary N) is 2. The van der Waals surface area contributed by atoms with Gasteiger partial charge >= 0.3 is 0 Å². The minimum Gasteiger partial charge on any atom is -0.310 e. The van der Waals surface area contributed by atoms with Crippen molar-refractivity contribution in [3.05, 3.63) is 29.6 Å². The van der Waals surface area contributed by atoms with Crippen molar-refractivity contribution >= 4 is 21.8 Å². The number of sulfonamides is 1. The maximum atomic E-state index is 13.9. The van der Waals surface area contributed by atoms with Crippen LogP contribution in [0.2, 0.25) is 0 Å². The molecule has 0 radical (unpaired) electrons. The zero-order valence-corrected chi connectivity index (χ0v) is 13.9. The van der Waals surface area contributed by atoms with Crippen LogP contribution in [0.1, 0.15) is 25.3 Å². The molecule has 21 heavy (non-hydrogen) atoms. The van der Waals surface area contributed by atoms with Gasteiger partial charge in [0, 0.05) is 24.4 Å². The highest BCUT2D eigenvalue weighted by molar-refractivity contribution is 7.98. The summed E-state index contributed by atoms with van der Waals surface area (Å²) in [6, 6.07) is 4.54. The van der Waals surface area contributed by atoms with E-state index in [0.29, 0.717) is 18.3 Å². The fourth-order valence-electron chi connectivity index (χ4n) is 2.03. The SMILES string of the molecule is CSCC(C)NS(=O)(=O)c1cc(CNC2CC2)ccc1F. The van der Waals surface area contributed by atoms with Crippen LogP contribution in [0.3, 0.4) is 0 Å². The fraction of sp³-hybridized carbons (Fsp3) is 0.571. The Hall–Kier alpha value is -0.630. The quantitative estimate of drug-likeness (QED) is 0.765. The van der Waals surface area contributed by atoms with Crippen molar-refractivity contribution in [3.63, 3.8) is 0 Å². The molecule has 1 atom stereocenters. The lowest BCUT2D eigenvalue weighted by Gasteiger charge is -2.14. The Bertz CT molecular complexity index is 589. The van der Waals surface area contributed by atoms with Crippen LogP contribution in [0.4, 0.5) is 4.39 Å². The van der Waals surface area contributed by atoms with E-state index < -0.39 is 15.8 Å². The van der Waals surface area contributed by atoms with Crippen LogP contribution in [-0.4, -0.2) is 32.5 Å². The molecule has 7 heteroatoms. The van der Waals surface area contributed by atoms with Crippen LogP contribution in [0.15, 0.2) is 23.1 Å². The van der Waals surface area contributed by atoms with Gasteiger partial charge in [0.25, 0.3) is 0 Å². The van der Waals surface area contributed by atoms with Gasteiger partial charge in [-0.15, -0.1) is 0 Å². The van der Waals surface area contributed by atoms with Crippen molar-refractivity contribution in [3.8, 4) is 0 Å². The van der Waals surface area contributed by atoms with E-state index in [1.807, 2.05) is 6.26 Å². The van der Waals surface area contributed by atoms with Crippen LogP contribution in [-0.2, 0) is 16.6 Å². The molecule has 1 aromatic carbocycles. The number of hydrogen-bond acceptors (Lipinski definition) is 4. The molecule has 1 fully saturated rings. The highest BCUT2D eigenvalue weighted by Gasteiger charge is 2.23. The highest BCUT2D eigenvalue weighted by atomic mass is 32.2. The maximum absolute atomic E-state index is 13.9. The van der Waals surface area contributed by atoms with Crippen molar-refractivity contribution in [2.75, 3.05) is 12.0 Å². The molecule has 0 bridgehead atoms. The predicted molar refractivity (Wildman–Crippen MR) is 84.4 cm³/mol. The Morgan fingerprint density at radius 2 is 2.14 bits per heavy atom. The van der Waals surface area contributed by atoms with Gasteiger partial charge in [0.2, 0.25) is 10.0 Å². The molecule has 1 aromatic rings. The summed E-state index contributed by atoms with van der Waals surface area (Å²) in [5.41, 5.74) is 0.779. The van der Waals surface area contributed by atoms with Crippen molar-refractivity contribution in [1.82, 2.24) is 10.0 Å². The lowest BCUT2D eigenvalue weighted by Crippen LogP contribution is -2.34. The molecule has 1 aliphatic carbocycles. The normalized spacial score (nSPS) is 16.9. The first-order valence-corrected chi connectivity index (χ1v) is 9.83. The minimum atomic E-state index is -3.82. The third-order valence-corrected chi connectivity index (χ3v) is 5.67. The molecule has 1 unspecified atom stereocenters. The minimum absolute atomic E-state index is 0.238. The second-order valence-electron chi connectivity index (χ2n) is 5.40. The van der Waals surface area contributed by atoms with Gasteiger partial charge in [-0.05, 0) is 43.7 Å². The van der Waals surface area contributed by atoms with E-state index in [1.54, 1.807) is 24.8 Å². The number of benzene rings is 1. The molecule has 2 rings (SSSR count). The lowest BCUT2D eigenvalue weighted by atomic mass is 10.2. The molecule has 0 amide bonds. The summed E-state index contributed by atoms with van der Waals surface area (Å²) in [5, 5.41) is 3.29. The molecule has 0 spiro atoms. The second kappa shape index (κ2) is 7.09. The molecular formula is C14H21FN2O2S2. The van der Waals surface area contributed by atoms with Crippen LogP contribution < -0.4 is 10.0 Å². The van der Waals surface area contributed by atoms with E-state index in [9.17, 15) is 12.8 Å². The first kappa shape index (κ1) is 16.7. The van der Waals surface area contributed by atoms with E-state index in [4.69, 9.17) is 0 Å². The summed E-state index contributed by atoms with van der Waals surface area (Å²) >= 11 is 1.54. The van der Waals surface area contributed by atoms with Gasteiger partial charge in [0.1, 0.15) is 10.7 Å². The van der Waals surface area contributed by atoms with Gasteiger partial charge in [-0.1, -0.05) is 6.07 Å². The Morgan fingerprint density at radius 1 is 1.43 bits per heavy atom. The summed E-state index contributed by atoms with van der Waals surface area (Å²) in [6.45, 7) is 2.33. The van der Waals surface area contributed by atoms with Gasteiger partial charge < -0.3 is 5.32 Å². The lowest BCUT2D eigenvalue weighted by molar-refractivity contribution is 0.548. The first-order chi connectivity index (χ1) is 9.92. The van der Waals surface area contributed by atoms with Crippen LogP contribution in [0, 0.1) is 5.82 Å². The maximum Gasteiger partial charge on any atom is 0.243 e. The monoisotopic (exact) mass is 332 g/mol. The molecule has 118 valence electrons. The number of hydrogen-bond donors (Lipinski definition) is 2.